The van der Waals surface area contributed by atoms with Gasteiger partial charge < -0.3 is 28.6 Å². The zero-order valence-corrected chi connectivity index (χ0v) is 24.3. The van der Waals surface area contributed by atoms with Crippen molar-refractivity contribution in [2.24, 2.45) is 0 Å². The van der Waals surface area contributed by atoms with Gasteiger partial charge in [-0.3, -0.25) is 0 Å². The van der Waals surface area contributed by atoms with E-state index < -0.39 is 7.94 Å². The highest BCUT2D eigenvalue weighted by Crippen LogP contribution is 2.58. The lowest BCUT2D eigenvalue weighted by molar-refractivity contribution is -0.209. The Hall–Kier alpha value is -2.71. The zero-order valence-electron chi connectivity index (χ0n) is 23.4. The molecule has 3 aliphatic heterocycles. The Morgan fingerprint density at radius 3 is 1.76 bits per heavy atom. The first kappa shape index (κ1) is 28.4. The third-order valence-electron chi connectivity index (χ3n) is 7.22. The summed E-state index contributed by atoms with van der Waals surface area (Å²) in [5.41, 5.74) is 4.28. The van der Waals surface area contributed by atoms with Crippen LogP contribution in [-0.2, 0) is 31.4 Å². The smallest absolute Gasteiger partial charge is 0.238 e. The second kappa shape index (κ2) is 13.1. The van der Waals surface area contributed by atoms with Crippen molar-refractivity contribution >= 4 is 7.94 Å². The van der Waals surface area contributed by atoms with E-state index in [0.29, 0.717) is 32.2 Å². The Kier molecular flexibility index (Phi) is 9.06. The minimum Gasteiger partial charge on any atom is -0.631 e. The van der Waals surface area contributed by atoms with E-state index in [9.17, 15) is 4.89 Å². The van der Waals surface area contributed by atoms with E-state index >= 15 is 0 Å². The lowest BCUT2D eigenvalue weighted by Crippen LogP contribution is -2.21. The van der Waals surface area contributed by atoms with Crippen LogP contribution in [0.15, 0.2) is 66.7 Å². The Morgan fingerprint density at radius 1 is 0.683 bits per heavy atom. The number of benzene rings is 3. The predicted molar refractivity (Wildman–Crippen MR) is 154 cm³/mol. The van der Waals surface area contributed by atoms with E-state index in [-0.39, 0.29) is 31.5 Å². The molecule has 0 amide bonds. The van der Waals surface area contributed by atoms with Crippen LogP contribution in [0, 0.1) is 0 Å². The molecule has 3 aromatic rings. The maximum absolute atomic E-state index is 12.6. The first-order valence-electron chi connectivity index (χ1n) is 14.4. The van der Waals surface area contributed by atoms with E-state index in [2.05, 4.69) is 30.3 Å². The zero-order chi connectivity index (χ0) is 28.1. The molecule has 3 saturated heterocycles. The number of rotatable bonds is 15. The number of epoxide rings is 2. The Morgan fingerprint density at radius 2 is 1.20 bits per heavy atom. The summed E-state index contributed by atoms with van der Waals surface area (Å²) in [6.07, 6.45) is 2.45. The Balaban J connectivity index is 1.19. The maximum atomic E-state index is 12.6. The van der Waals surface area contributed by atoms with Gasteiger partial charge in [0.05, 0.1) is 13.2 Å². The molecule has 4 atom stereocenters. The summed E-state index contributed by atoms with van der Waals surface area (Å²) in [6, 6.07) is 22.4. The lowest BCUT2D eigenvalue weighted by Gasteiger charge is -2.21. The largest absolute Gasteiger partial charge is 0.631 e. The molecule has 3 fully saturated rings. The second-order valence-corrected chi connectivity index (χ2v) is 12.8. The molecule has 8 nitrogen and oxygen atoms in total. The summed E-state index contributed by atoms with van der Waals surface area (Å²) in [7, 11) is -3.00. The quantitative estimate of drug-likeness (QED) is 0.188. The summed E-state index contributed by atoms with van der Waals surface area (Å²) in [5.74, 6) is 2.49. The van der Waals surface area contributed by atoms with Crippen molar-refractivity contribution in [3.63, 3.8) is 0 Å². The van der Waals surface area contributed by atoms with E-state index in [4.69, 9.17) is 32.7 Å². The molecule has 0 aromatic heterocycles. The van der Waals surface area contributed by atoms with Crippen LogP contribution in [0.4, 0.5) is 0 Å². The summed E-state index contributed by atoms with van der Waals surface area (Å²) in [4.78, 5) is 12.6. The molecular formula is C32H37O8P. The fourth-order valence-corrected chi connectivity index (χ4v) is 6.73. The highest BCUT2D eigenvalue weighted by Gasteiger charge is 2.41. The molecule has 0 saturated carbocycles. The molecule has 3 aromatic carbocycles. The maximum Gasteiger partial charge on any atom is 0.238 e. The fourth-order valence-electron chi connectivity index (χ4n) is 4.92. The molecule has 6 rings (SSSR count). The molecule has 0 aliphatic carbocycles. The van der Waals surface area contributed by atoms with E-state index in [1.165, 1.54) is 0 Å². The molecule has 4 unspecified atom stereocenters. The van der Waals surface area contributed by atoms with Gasteiger partial charge in [0.2, 0.25) is 7.94 Å². The van der Waals surface area contributed by atoms with Crippen LogP contribution in [0.1, 0.15) is 35.6 Å². The van der Waals surface area contributed by atoms with Gasteiger partial charge in [0.25, 0.3) is 0 Å². The van der Waals surface area contributed by atoms with Gasteiger partial charge in [-0.2, -0.15) is 0 Å². The van der Waals surface area contributed by atoms with Crippen LogP contribution in [-0.4, -0.2) is 64.1 Å². The van der Waals surface area contributed by atoms with Crippen LogP contribution in [0.2, 0.25) is 0 Å². The highest BCUT2D eigenvalue weighted by atomic mass is 31.2. The van der Waals surface area contributed by atoms with Gasteiger partial charge in [-0.15, -0.1) is 0 Å². The van der Waals surface area contributed by atoms with Gasteiger partial charge in [0.1, 0.15) is 62.0 Å². The number of hydrogen-bond donors (Lipinski definition) is 0. The SMILES string of the molecule is CCC[P+]1([O-])OCC(COc2ccccc2Cc2cccc(Cc3ccccc3OCC3CO3)c2OCC2CO2)O1. The molecule has 41 heavy (non-hydrogen) atoms. The minimum atomic E-state index is -3.00. The normalized spacial score (nSPS) is 24.7. The van der Waals surface area contributed by atoms with E-state index in [1.54, 1.807) is 0 Å². The molecule has 0 radical (unpaired) electrons. The average molecular weight is 581 g/mol. The van der Waals surface area contributed by atoms with Gasteiger partial charge in [0, 0.05) is 12.8 Å². The van der Waals surface area contributed by atoms with Gasteiger partial charge >= 0.3 is 0 Å². The van der Waals surface area contributed by atoms with Crippen molar-refractivity contribution in [1.82, 2.24) is 0 Å². The van der Waals surface area contributed by atoms with Crippen molar-refractivity contribution in [2.45, 2.75) is 44.5 Å². The molecule has 218 valence electrons. The van der Waals surface area contributed by atoms with Crippen molar-refractivity contribution in [3.8, 4) is 17.2 Å². The van der Waals surface area contributed by atoms with E-state index in [1.807, 2.05) is 43.3 Å². The molecule has 3 aliphatic rings. The van der Waals surface area contributed by atoms with Crippen LogP contribution in [0.25, 0.3) is 0 Å². The van der Waals surface area contributed by atoms with Crippen LogP contribution in [0.3, 0.4) is 0 Å². The predicted octanol–water partition coefficient (Wildman–Crippen LogP) is 4.75. The highest BCUT2D eigenvalue weighted by molar-refractivity contribution is 7.59. The monoisotopic (exact) mass is 580 g/mol. The third kappa shape index (κ3) is 7.77. The molecule has 0 spiro atoms. The van der Waals surface area contributed by atoms with Gasteiger partial charge in [-0.1, -0.05) is 61.5 Å². The first-order valence-corrected chi connectivity index (χ1v) is 16.1. The summed E-state index contributed by atoms with van der Waals surface area (Å²) in [5, 5.41) is 0. The molecule has 0 N–H and O–H groups in total. The van der Waals surface area contributed by atoms with E-state index in [0.717, 1.165) is 59.1 Å². The van der Waals surface area contributed by atoms with Crippen molar-refractivity contribution < 1.29 is 37.6 Å². The topological polar surface area (TPSA) is 94.3 Å². The molecular weight excluding hydrogens is 543 g/mol. The minimum absolute atomic E-state index is 0.137. The molecule has 9 heteroatoms. The number of ether oxygens (including phenoxy) is 5. The lowest BCUT2D eigenvalue weighted by atomic mass is 9.96. The van der Waals surface area contributed by atoms with Gasteiger partial charge in [0.15, 0.2) is 6.10 Å². The summed E-state index contributed by atoms with van der Waals surface area (Å²) >= 11 is 0. The average Bonchev–Trinajstić information content (AvgIpc) is 3.91. The van der Waals surface area contributed by atoms with Crippen molar-refractivity contribution in [1.29, 1.82) is 0 Å². The second-order valence-electron chi connectivity index (χ2n) is 10.7. The first-order chi connectivity index (χ1) is 20.1. The Labute approximate surface area is 242 Å². The summed E-state index contributed by atoms with van der Waals surface area (Å²) < 4.78 is 40.7. The standard InChI is InChI=1S/C32H37O8P/c1-2-14-41(33)39-22-29(40-41)21-37-31-13-6-4-9-24(31)16-26-11-7-10-25(32(26)38-20-28-18-35-28)15-23-8-3-5-12-30(23)36-19-27-17-34-27/h3-13,27-29H,2,14-22H2,1H3. The molecule has 0 bridgehead atoms. The van der Waals surface area contributed by atoms with Crippen molar-refractivity contribution in [3.05, 3.63) is 89.0 Å². The fraction of sp³-hybridized carbons (Fsp3) is 0.438. The van der Waals surface area contributed by atoms with Crippen molar-refractivity contribution in [2.75, 3.05) is 45.8 Å². The molecule has 3 heterocycles. The van der Waals surface area contributed by atoms with Crippen LogP contribution in [0.5, 0.6) is 17.2 Å². The third-order valence-corrected chi connectivity index (χ3v) is 9.37. The van der Waals surface area contributed by atoms with Crippen LogP contribution >= 0.6 is 7.94 Å². The summed E-state index contributed by atoms with van der Waals surface area (Å²) in [6.45, 7) is 5.08. The van der Waals surface area contributed by atoms with Crippen LogP contribution < -0.4 is 19.1 Å². The number of para-hydroxylation sites is 3. The van der Waals surface area contributed by atoms with Gasteiger partial charge in [-0.25, -0.2) is 9.05 Å². The van der Waals surface area contributed by atoms with Gasteiger partial charge in [-0.05, 0) is 40.8 Å². The number of hydrogen-bond acceptors (Lipinski definition) is 8. The Bertz CT molecular complexity index is 1310.